The van der Waals surface area contributed by atoms with Gasteiger partial charge in [0, 0.05) is 22.5 Å². The van der Waals surface area contributed by atoms with Crippen LogP contribution in [0.2, 0.25) is 5.02 Å². The van der Waals surface area contributed by atoms with Gasteiger partial charge >= 0.3 is 0 Å². The van der Waals surface area contributed by atoms with Gasteiger partial charge in [-0.1, -0.05) is 29.8 Å². The molecule has 1 aromatic heterocycles. The minimum atomic E-state index is 0.544. The van der Waals surface area contributed by atoms with E-state index in [0.29, 0.717) is 11.6 Å². The van der Waals surface area contributed by atoms with Crippen molar-refractivity contribution in [3.05, 3.63) is 64.8 Å². The molecule has 0 radical (unpaired) electrons. The lowest BCUT2D eigenvalue weighted by molar-refractivity contribution is 0.296. The van der Waals surface area contributed by atoms with Crippen molar-refractivity contribution in [3.63, 3.8) is 0 Å². The summed E-state index contributed by atoms with van der Waals surface area (Å²) in [7, 11) is 0. The van der Waals surface area contributed by atoms with Crippen LogP contribution < -0.4 is 4.74 Å². The maximum absolute atomic E-state index is 5.98. The predicted molar refractivity (Wildman–Crippen MR) is 88.1 cm³/mol. The fourth-order valence-electron chi connectivity index (χ4n) is 2.69. The molecule has 0 atom stereocenters. The van der Waals surface area contributed by atoms with Gasteiger partial charge in [0.25, 0.3) is 0 Å². The predicted octanol–water partition coefficient (Wildman–Crippen LogP) is 5.20. The maximum atomic E-state index is 5.98. The number of nitrogens with zero attached hydrogens (tertiary/aromatic N) is 1. The maximum Gasteiger partial charge on any atom is 0.128 e. The third kappa shape index (κ3) is 2.77. The summed E-state index contributed by atoms with van der Waals surface area (Å²) in [6.07, 6.45) is 0. The van der Waals surface area contributed by atoms with Crippen LogP contribution in [0.4, 0.5) is 0 Å². The van der Waals surface area contributed by atoms with Crippen molar-refractivity contribution in [3.8, 4) is 5.75 Å². The quantitative estimate of drug-likeness (QED) is 0.645. The van der Waals surface area contributed by atoms with Crippen LogP contribution in [0.5, 0.6) is 5.75 Å². The summed E-state index contributed by atoms with van der Waals surface area (Å²) in [5.41, 5.74) is 3.74. The molecule has 0 N–H and O–H groups in total. The monoisotopic (exact) mass is 299 g/mol. The molecule has 0 saturated heterocycles. The largest absolute Gasteiger partial charge is 0.487 e. The number of halogens is 1. The molecule has 0 saturated carbocycles. The van der Waals surface area contributed by atoms with Crippen LogP contribution in [0.25, 0.3) is 10.9 Å². The number of hydrogen-bond donors (Lipinski definition) is 0. The van der Waals surface area contributed by atoms with Crippen molar-refractivity contribution in [2.24, 2.45) is 0 Å². The Bertz CT molecular complexity index is 776. The van der Waals surface area contributed by atoms with Gasteiger partial charge in [-0.25, -0.2) is 0 Å². The first-order valence-corrected chi connectivity index (χ1v) is 7.53. The standard InChI is InChI=1S/C18H18ClNO/c1-3-20-15(11-17-13(2)6-4-9-18(17)20)12-21-16-8-5-7-14(19)10-16/h4-11H,3,12H2,1-2H3. The third-order valence-electron chi connectivity index (χ3n) is 3.75. The summed E-state index contributed by atoms with van der Waals surface area (Å²) in [4.78, 5) is 0. The Balaban J connectivity index is 1.91. The molecular weight excluding hydrogens is 282 g/mol. The molecule has 1 heterocycles. The number of aromatic nitrogens is 1. The lowest BCUT2D eigenvalue weighted by atomic mass is 10.1. The molecule has 0 aliphatic heterocycles. The van der Waals surface area contributed by atoms with Gasteiger partial charge in [0.05, 0.1) is 5.69 Å². The molecule has 0 bridgehead atoms. The zero-order valence-electron chi connectivity index (χ0n) is 12.3. The normalized spacial score (nSPS) is 11.0. The highest BCUT2D eigenvalue weighted by Gasteiger charge is 2.09. The Morgan fingerprint density at radius 1 is 1.10 bits per heavy atom. The molecule has 3 aromatic rings. The van der Waals surface area contributed by atoms with Crippen molar-refractivity contribution in [1.29, 1.82) is 0 Å². The van der Waals surface area contributed by atoms with Crippen LogP contribution in [-0.2, 0) is 13.2 Å². The molecule has 0 aliphatic rings. The Morgan fingerprint density at radius 2 is 1.90 bits per heavy atom. The lowest BCUT2D eigenvalue weighted by Crippen LogP contribution is -2.04. The summed E-state index contributed by atoms with van der Waals surface area (Å²) in [5.74, 6) is 0.798. The Labute approximate surface area is 129 Å². The lowest BCUT2D eigenvalue weighted by Gasteiger charge is -2.10. The fraction of sp³-hybridized carbons (Fsp3) is 0.222. The molecule has 3 heteroatoms. The van der Waals surface area contributed by atoms with Crippen LogP contribution in [0.3, 0.4) is 0 Å². The van der Waals surface area contributed by atoms with Crippen LogP contribution in [0.15, 0.2) is 48.5 Å². The average molecular weight is 300 g/mol. The van der Waals surface area contributed by atoms with Gasteiger partial charge < -0.3 is 9.30 Å². The van der Waals surface area contributed by atoms with Gasteiger partial charge in [-0.2, -0.15) is 0 Å². The molecule has 0 unspecified atom stereocenters. The van der Waals surface area contributed by atoms with Crippen molar-refractivity contribution in [2.45, 2.75) is 27.0 Å². The van der Waals surface area contributed by atoms with E-state index in [0.717, 1.165) is 12.3 Å². The van der Waals surface area contributed by atoms with Gasteiger partial charge in [-0.05, 0) is 49.7 Å². The van der Waals surface area contributed by atoms with Crippen LogP contribution in [-0.4, -0.2) is 4.57 Å². The van der Waals surface area contributed by atoms with Crippen molar-refractivity contribution in [2.75, 3.05) is 0 Å². The Morgan fingerprint density at radius 3 is 2.67 bits per heavy atom. The average Bonchev–Trinajstić information content (AvgIpc) is 2.84. The number of hydrogen-bond acceptors (Lipinski definition) is 1. The Kier molecular flexibility index (Phi) is 3.89. The molecule has 21 heavy (non-hydrogen) atoms. The number of fused-ring (bicyclic) bond motifs is 1. The number of benzene rings is 2. The molecule has 0 fully saturated rings. The highest BCUT2D eigenvalue weighted by atomic mass is 35.5. The van der Waals surface area contributed by atoms with E-state index in [-0.39, 0.29) is 0 Å². The Hall–Kier alpha value is -1.93. The zero-order chi connectivity index (χ0) is 14.8. The van der Waals surface area contributed by atoms with Crippen molar-refractivity contribution >= 4 is 22.5 Å². The van der Waals surface area contributed by atoms with E-state index in [2.05, 4.69) is 42.7 Å². The molecule has 2 nitrogen and oxygen atoms in total. The molecule has 3 rings (SSSR count). The van der Waals surface area contributed by atoms with Crippen LogP contribution in [0, 0.1) is 6.92 Å². The number of ether oxygens (including phenoxy) is 1. The van der Waals surface area contributed by atoms with E-state index in [1.807, 2.05) is 24.3 Å². The number of rotatable bonds is 4. The first-order chi connectivity index (χ1) is 10.2. The van der Waals surface area contributed by atoms with E-state index in [1.165, 1.54) is 22.2 Å². The first kappa shape index (κ1) is 14.0. The summed E-state index contributed by atoms with van der Waals surface area (Å²) in [6.45, 7) is 5.78. The van der Waals surface area contributed by atoms with E-state index >= 15 is 0 Å². The molecule has 0 aliphatic carbocycles. The topological polar surface area (TPSA) is 14.2 Å². The highest BCUT2D eigenvalue weighted by molar-refractivity contribution is 6.30. The van der Waals surface area contributed by atoms with E-state index in [9.17, 15) is 0 Å². The van der Waals surface area contributed by atoms with Crippen molar-refractivity contribution in [1.82, 2.24) is 4.57 Å². The van der Waals surface area contributed by atoms with Gasteiger partial charge in [0.1, 0.15) is 12.4 Å². The smallest absolute Gasteiger partial charge is 0.128 e. The van der Waals surface area contributed by atoms with Crippen molar-refractivity contribution < 1.29 is 4.74 Å². The molecule has 0 amide bonds. The summed E-state index contributed by atoms with van der Waals surface area (Å²) in [6, 6.07) is 16.1. The summed E-state index contributed by atoms with van der Waals surface area (Å²) in [5, 5.41) is 1.99. The third-order valence-corrected chi connectivity index (χ3v) is 3.98. The highest BCUT2D eigenvalue weighted by Crippen LogP contribution is 2.25. The minimum Gasteiger partial charge on any atom is -0.487 e. The fourth-order valence-corrected chi connectivity index (χ4v) is 2.87. The summed E-state index contributed by atoms with van der Waals surface area (Å²) < 4.78 is 8.18. The van der Waals surface area contributed by atoms with Gasteiger partial charge in [0.15, 0.2) is 0 Å². The second kappa shape index (κ2) is 5.82. The minimum absolute atomic E-state index is 0.544. The van der Waals surface area contributed by atoms with E-state index in [1.54, 1.807) is 0 Å². The molecular formula is C18H18ClNO. The van der Waals surface area contributed by atoms with Gasteiger partial charge in [-0.15, -0.1) is 0 Å². The zero-order valence-corrected chi connectivity index (χ0v) is 13.0. The van der Waals surface area contributed by atoms with Gasteiger partial charge in [0.2, 0.25) is 0 Å². The molecule has 2 aromatic carbocycles. The van der Waals surface area contributed by atoms with Crippen LogP contribution in [0.1, 0.15) is 18.2 Å². The SMILES string of the molecule is CCn1c(COc2cccc(Cl)c2)cc2c(C)cccc21. The van der Waals surface area contributed by atoms with E-state index < -0.39 is 0 Å². The second-order valence-electron chi connectivity index (χ2n) is 5.13. The first-order valence-electron chi connectivity index (χ1n) is 7.15. The molecule has 108 valence electrons. The number of aryl methyl sites for hydroxylation is 2. The second-order valence-corrected chi connectivity index (χ2v) is 5.57. The summed E-state index contributed by atoms with van der Waals surface area (Å²) >= 11 is 5.98. The van der Waals surface area contributed by atoms with E-state index in [4.69, 9.17) is 16.3 Å². The van der Waals surface area contributed by atoms with Crippen LogP contribution >= 0.6 is 11.6 Å². The van der Waals surface area contributed by atoms with Gasteiger partial charge in [-0.3, -0.25) is 0 Å². The molecule has 0 spiro atoms.